The first-order valence-electron chi connectivity index (χ1n) is 10.5. The molecule has 1 N–H and O–H groups in total. The fourth-order valence-electron chi connectivity index (χ4n) is 3.72. The van der Waals surface area contributed by atoms with Gasteiger partial charge in [-0.05, 0) is 35.6 Å². The number of nitrogens with zero attached hydrogens (tertiary/aromatic N) is 3. The summed E-state index contributed by atoms with van der Waals surface area (Å²) in [4.78, 5) is 28.2. The molecule has 0 radical (unpaired) electrons. The van der Waals surface area contributed by atoms with Crippen molar-refractivity contribution in [3.63, 3.8) is 0 Å². The van der Waals surface area contributed by atoms with Crippen molar-refractivity contribution >= 4 is 57.0 Å². The first kappa shape index (κ1) is 23.4. The first-order chi connectivity index (χ1) is 16.9. The van der Waals surface area contributed by atoms with Gasteiger partial charge >= 0.3 is 5.91 Å². The molecule has 0 bridgehead atoms. The van der Waals surface area contributed by atoms with Crippen LogP contribution in [-0.4, -0.2) is 27.0 Å². The molecule has 3 heterocycles. The van der Waals surface area contributed by atoms with Crippen LogP contribution in [-0.2, 0) is 15.3 Å². The third kappa shape index (κ3) is 4.52. The molecular weight excluding hydrogens is 505 g/mol. The number of hydrogen-bond donors (Lipinski definition) is 1. The van der Waals surface area contributed by atoms with Crippen molar-refractivity contribution in [2.45, 2.75) is 23.1 Å². The van der Waals surface area contributed by atoms with Crippen LogP contribution < -0.4 is 4.90 Å². The number of carbonyl (C=O) groups excluding carboxylic acids is 2. The second-order valence-electron chi connectivity index (χ2n) is 7.77. The fraction of sp³-hybridized carbons (Fsp3) is 0.120. The molecule has 2 aromatic carbocycles. The minimum atomic E-state index is -0.890. The van der Waals surface area contributed by atoms with Crippen LogP contribution in [0.25, 0.3) is 5.76 Å². The molecule has 35 heavy (non-hydrogen) atoms. The molecule has 6 nitrogen and oxygen atoms in total. The number of Topliss-reactive ketones (excluding diaryl/α,β-unsaturated/α-hetero) is 1. The molecule has 1 amide bonds. The molecule has 10 heteroatoms. The molecule has 0 unspecified atom stereocenters. The van der Waals surface area contributed by atoms with Gasteiger partial charge in [-0.25, -0.2) is 4.39 Å². The van der Waals surface area contributed by atoms with Crippen LogP contribution in [0.5, 0.6) is 0 Å². The second kappa shape index (κ2) is 9.73. The second-order valence-corrected chi connectivity index (χ2v) is 10.9. The smallest absolute Gasteiger partial charge is 0.301 e. The third-order valence-corrected chi connectivity index (χ3v) is 8.56. The summed E-state index contributed by atoms with van der Waals surface area (Å²) < 4.78 is 14.8. The van der Waals surface area contributed by atoms with Gasteiger partial charge in [0.05, 0.1) is 5.57 Å². The lowest BCUT2D eigenvalue weighted by atomic mass is 9.99. The van der Waals surface area contributed by atoms with E-state index in [-0.39, 0.29) is 16.3 Å². The van der Waals surface area contributed by atoms with Crippen LogP contribution in [0, 0.1) is 12.7 Å². The number of halogens is 1. The van der Waals surface area contributed by atoms with Crippen LogP contribution in [0.3, 0.4) is 0 Å². The number of ketones is 1. The summed E-state index contributed by atoms with van der Waals surface area (Å²) in [5, 5.41) is 21.5. The van der Waals surface area contributed by atoms with Crippen molar-refractivity contribution < 1.29 is 19.1 Å². The molecule has 1 saturated heterocycles. The molecule has 176 valence electrons. The number of anilines is 1. The highest BCUT2D eigenvalue weighted by Crippen LogP contribution is 2.45. The van der Waals surface area contributed by atoms with Gasteiger partial charge in [-0.3, -0.25) is 14.5 Å². The van der Waals surface area contributed by atoms with Crippen molar-refractivity contribution in [2.24, 2.45) is 0 Å². The summed E-state index contributed by atoms with van der Waals surface area (Å²) in [6.07, 6.45) is 0. The number of carbonyl (C=O) groups is 2. The number of amides is 1. The van der Waals surface area contributed by atoms with Crippen LogP contribution in [0.4, 0.5) is 9.52 Å². The van der Waals surface area contributed by atoms with E-state index in [9.17, 15) is 19.1 Å². The van der Waals surface area contributed by atoms with E-state index in [1.54, 1.807) is 19.1 Å². The highest BCUT2D eigenvalue weighted by atomic mass is 32.2. The molecule has 1 atom stereocenters. The van der Waals surface area contributed by atoms with E-state index in [1.165, 1.54) is 51.5 Å². The average molecular weight is 524 g/mol. The normalized spacial score (nSPS) is 17.3. The molecule has 5 rings (SSSR count). The Morgan fingerprint density at radius 3 is 2.63 bits per heavy atom. The summed E-state index contributed by atoms with van der Waals surface area (Å²) in [6.45, 7) is 1.60. The van der Waals surface area contributed by atoms with Gasteiger partial charge < -0.3 is 5.11 Å². The Labute approximate surface area is 212 Å². The van der Waals surface area contributed by atoms with Gasteiger partial charge in [0.2, 0.25) is 5.13 Å². The summed E-state index contributed by atoms with van der Waals surface area (Å²) in [6, 6.07) is 16.8. The van der Waals surface area contributed by atoms with Crippen LogP contribution in [0.15, 0.2) is 76.0 Å². The average Bonchev–Trinajstić information content (AvgIpc) is 3.61. The van der Waals surface area contributed by atoms with Crippen molar-refractivity contribution in [3.05, 3.63) is 99.0 Å². The van der Waals surface area contributed by atoms with Crippen LogP contribution >= 0.6 is 34.4 Å². The van der Waals surface area contributed by atoms with Crippen LogP contribution in [0.2, 0.25) is 0 Å². The molecule has 4 aromatic rings. The topological polar surface area (TPSA) is 83.4 Å². The Bertz CT molecular complexity index is 1430. The van der Waals surface area contributed by atoms with Gasteiger partial charge in [-0.1, -0.05) is 71.6 Å². The van der Waals surface area contributed by atoms with E-state index in [2.05, 4.69) is 10.2 Å². The van der Waals surface area contributed by atoms with Gasteiger partial charge in [0.15, 0.2) is 4.34 Å². The number of aliphatic hydroxyl groups is 1. The monoisotopic (exact) mass is 523 g/mol. The number of aryl methyl sites for hydroxylation is 1. The minimum Gasteiger partial charge on any atom is -0.507 e. The molecular formula is C25H18FN3O3S3. The lowest BCUT2D eigenvalue weighted by molar-refractivity contribution is -0.132. The summed E-state index contributed by atoms with van der Waals surface area (Å²) in [5.74, 6) is -1.92. The molecule has 1 aliphatic heterocycles. The number of benzene rings is 2. The van der Waals surface area contributed by atoms with Crippen molar-refractivity contribution in [3.8, 4) is 0 Å². The maximum atomic E-state index is 14.2. The maximum Gasteiger partial charge on any atom is 0.301 e. The standard InChI is InChI=1S/C25H18FN3O3S3/c1-14-9-10-16(12-17(14)26)21(30)19-20(18-8-5-11-33-18)29(23(32)22(19)31)24-27-28-25(35-24)34-13-15-6-3-2-4-7-15/h2-12,20,30H,13H2,1H3/t20-/m1/s1. The summed E-state index contributed by atoms with van der Waals surface area (Å²) in [7, 11) is 0. The molecule has 1 fully saturated rings. The Morgan fingerprint density at radius 1 is 1.11 bits per heavy atom. The van der Waals surface area contributed by atoms with Gasteiger partial charge in [0.25, 0.3) is 5.78 Å². The molecule has 0 aliphatic carbocycles. The zero-order valence-corrected chi connectivity index (χ0v) is 20.8. The molecule has 1 aliphatic rings. The predicted octanol–water partition coefficient (Wildman–Crippen LogP) is 5.97. The Morgan fingerprint density at radius 2 is 1.91 bits per heavy atom. The third-order valence-electron chi connectivity index (χ3n) is 5.51. The van der Waals surface area contributed by atoms with E-state index < -0.39 is 29.3 Å². The van der Waals surface area contributed by atoms with Crippen LogP contribution in [0.1, 0.15) is 27.6 Å². The highest BCUT2D eigenvalue weighted by Gasteiger charge is 2.48. The number of rotatable bonds is 6. The molecule has 0 spiro atoms. The first-order valence-corrected chi connectivity index (χ1v) is 13.2. The van der Waals surface area contributed by atoms with Crippen molar-refractivity contribution in [1.29, 1.82) is 0 Å². The number of aliphatic hydroxyl groups excluding tert-OH is 1. The number of thiophene rings is 1. The highest BCUT2D eigenvalue weighted by molar-refractivity contribution is 8.00. The Hall–Kier alpha value is -3.34. The molecule has 0 saturated carbocycles. The van der Waals surface area contributed by atoms with Gasteiger partial charge in [0, 0.05) is 16.2 Å². The Balaban J connectivity index is 1.53. The largest absolute Gasteiger partial charge is 0.507 e. The summed E-state index contributed by atoms with van der Waals surface area (Å²) in [5.41, 5.74) is 1.56. The van der Waals surface area contributed by atoms with Gasteiger partial charge in [0.1, 0.15) is 17.6 Å². The number of thioether (sulfide) groups is 1. The van der Waals surface area contributed by atoms with Gasteiger partial charge in [-0.2, -0.15) is 0 Å². The molecule has 2 aromatic heterocycles. The van der Waals surface area contributed by atoms with Crippen molar-refractivity contribution in [2.75, 3.05) is 4.90 Å². The fourth-order valence-corrected chi connectivity index (χ4v) is 6.37. The maximum absolute atomic E-state index is 14.2. The lowest BCUT2D eigenvalue weighted by Gasteiger charge is -2.20. The van der Waals surface area contributed by atoms with E-state index in [4.69, 9.17) is 0 Å². The number of aromatic nitrogens is 2. The quantitative estimate of drug-likeness (QED) is 0.110. The zero-order chi connectivity index (χ0) is 24.5. The van der Waals surface area contributed by atoms with Gasteiger partial charge in [-0.15, -0.1) is 21.5 Å². The minimum absolute atomic E-state index is 0.102. The lowest BCUT2D eigenvalue weighted by Crippen LogP contribution is -2.29. The van der Waals surface area contributed by atoms with Crippen molar-refractivity contribution in [1.82, 2.24) is 10.2 Å². The number of hydrogen-bond acceptors (Lipinski definition) is 8. The van der Waals surface area contributed by atoms with E-state index >= 15 is 0 Å². The van der Waals surface area contributed by atoms with E-state index in [1.807, 2.05) is 35.7 Å². The predicted molar refractivity (Wildman–Crippen MR) is 136 cm³/mol. The van der Waals surface area contributed by atoms with E-state index in [0.29, 0.717) is 20.5 Å². The SMILES string of the molecule is Cc1ccc(C(O)=C2C(=O)C(=O)N(c3nnc(SCc4ccccc4)s3)[C@@H]2c2cccs2)cc1F. The summed E-state index contributed by atoms with van der Waals surface area (Å²) >= 11 is 4.03. The zero-order valence-electron chi connectivity index (χ0n) is 18.3. The Kier molecular flexibility index (Phi) is 6.50. The van der Waals surface area contributed by atoms with E-state index in [0.717, 1.165) is 11.6 Å².